The Balaban J connectivity index is 1.51. The van der Waals surface area contributed by atoms with E-state index in [1.54, 1.807) is 6.20 Å². The van der Waals surface area contributed by atoms with Crippen LogP contribution in [0, 0.1) is 0 Å². The van der Waals surface area contributed by atoms with Crippen LogP contribution in [-0.2, 0) is 10.8 Å². The maximum absolute atomic E-state index is 6.27. The van der Waals surface area contributed by atoms with Crippen LogP contribution < -0.4 is 18.9 Å². The highest BCUT2D eigenvalue weighted by atomic mass is 16.6. The van der Waals surface area contributed by atoms with E-state index in [2.05, 4.69) is 44.6 Å². The quantitative estimate of drug-likeness (QED) is 0.795. The number of rotatable bonds is 3. The van der Waals surface area contributed by atoms with Crippen molar-refractivity contribution in [3.05, 3.63) is 35.8 Å². The fraction of sp³-hybridized carbons (Fsp3) is 0.545. The lowest BCUT2D eigenvalue weighted by molar-refractivity contribution is 0.0652. The number of hydrogen-bond donors (Lipinski definition) is 0. The van der Waals surface area contributed by atoms with Gasteiger partial charge >= 0.3 is 0 Å². The van der Waals surface area contributed by atoms with E-state index >= 15 is 0 Å². The van der Waals surface area contributed by atoms with Gasteiger partial charge < -0.3 is 18.9 Å². The second kappa shape index (κ2) is 6.83. The molecule has 0 amide bonds. The third kappa shape index (κ3) is 3.73. The molecule has 0 aliphatic carbocycles. The molecule has 150 valence electrons. The van der Waals surface area contributed by atoms with Crippen molar-refractivity contribution in [2.75, 3.05) is 19.8 Å². The minimum Gasteiger partial charge on any atom is -0.486 e. The summed E-state index contributed by atoms with van der Waals surface area (Å²) < 4.78 is 23.4. The Morgan fingerprint density at radius 1 is 0.893 bits per heavy atom. The predicted molar refractivity (Wildman–Crippen MR) is 106 cm³/mol. The van der Waals surface area contributed by atoms with Gasteiger partial charge in [0.1, 0.15) is 25.9 Å². The number of aromatic nitrogens is 2. The summed E-state index contributed by atoms with van der Waals surface area (Å²) in [6.07, 6.45) is 4.30. The van der Waals surface area contributed by atoms with Gasteiger partial charge in [0.15, 0.2) is 17.2 Å². The van der Waals surface area contributed by atoms with Crippen LogP contribution in [0.1, 0.15) is 52.3 Å². The summed E-state index contributed by atoms with van der Waals surface area (Å²) in [5.41, 5.74) is 1.87. The van der Waals surface area contributed by atoms with E-state index in [4.69, 9.17) is 18.9 Å². The van der Waals surface area contributed by atoms with Crippen molar-refractivity contribution in [1.29, 1.82) is 0 Å². The topological polar surface area (TPSA) is 62.7 Å². The monoisotopic (exact) mass is 384 g/mol. The summed E-state index contributed by atoms with van der Waals surface area (Å²) >= 11 is 0. The van der Waals surface area contributed by atoms with E-state index < -0.39 is 0 Å². The second-order valence-electron chi connectivity index (χ2n) is 9.13. The molecule has 0 saturated carbocycles. The molecule has 6 nitrogen and oxygen atoms in total. The molecule has 0 aromatic carbocycles. The average molecular weight is 384 g/mol. The lowest BCUT2D eigenvalue weighted by Crippen LogP contribution is -2.36. The molecule has 2 aliphatic heterocycles. The zero-order valence-electron chi connectivity index (χ0n) is 17.2. The van der Waals surface area contributed by atoms with E-state index in [1.807, 2.05) is 18.3 Å². The first-order chi connectivity index (χ1) is 13.2. The molecule has 0 spiro atoms. The van der Waals surface area contributed by atoms with Crippen LogP contribution in [0.2, 0.25) is 0 Å². The lowest BCUT2D eigenvalue weighted by Gasteiger charge is -2.33. The molecule has 1 atom stereocenters. The van der Waals surface area contributed by atoms with Gasteiger partial charge in [-0.3, -0.25) is 4.98 Å². The van der Waals surface area contributed by atoms with Crippen LogP contribution in [-0.4, -0.2) is 35.9 Å². The van der Waals surface area contributed by atoms with Gasteiger partial charge in [0.2, 0.25) is 0 Å². The van der Waals surface area contributed by atoms with Crippen molar-refractivity contribution in [1.82, 2.24) is 9.97 Å². The summed E-state index contributed by atoms with van der Waals surface area (Å²) in [5, 5.41) is 0. The van der Waals surface area contributed by atoms with Crippen molar-refractivity contribution in [3.8, 4) is 23.1 Å². The Labute approximate surface area is 166 Å². The molecule has 2 aromatic rings. The highest BCUT2D eigenvalue weighted by Crippen LogP contribution is 2.39. The first-order valence-corrected chi connectivity index (χ1v) is 9.78. The summed E-state index contributed by atoms with van der Waals surface area (Å²) in [7, 11) is 0. The van der Waals surface area contributed by atoms with Crippen molar-refractivity contribution >= 4 is 0 Å². The van der Waals surface area contributed by atoms with Gasteiger partial charge in [0.25, 0.3) is 5.88 Å². The molecule has 0 radical (unpaired) electrons. The molecular weight excluding hydrogens is 356 g/mol. The van der Waals surface area contributed by atoms with Crippen LogP contribution >= 0.6 is 0 Å². The molecule has 0 saturated heterocycles. The lowest BCUT2D eigenvalue weighted by atomic mass is 9.82. The molecule has 2 aromatic heterocycles. The normalized spacial score (nSPS) is 18.7. The minimum atomic E-state index is -0.212. The first kappa shape index (κ1) is 18.8. The SMILES string of the molecule is CC(C)(C)c1cnc2c(c1)OC(CC(C)(C)c1cc3c(cn1)OCCO3)CO2. The zero-order valence-corrected chi connectivity index (χ0v) is 17.2. The Hall–Kier alpha value is -2.50. The predicted octanol–water partition coefficient (Wildman–Crippen LogP) is 4.05. The maximum atomic E-state index is 6.27. The number of pyridine rings is 2. The van der Waals surface area contributed by atoms with Crippen LogP contribution in [0.25, 0.3) is 0 Å². The van der Waals surface area contributed by atoms with E-state index in [9.17, 15) is 0 Å². The molecule has 1 unspecified atom stereocenters. The molecule has 6 heteroatoms. The molecule has 4 rings (SSSR count). The molecule has 0 N–H and O–H groups in total. The molecule has 0 bridgehead atoms. The molecule has 2 aliphatic rings. The summed E-state index contributed by atoms with van der Waals surface area (Å²) in [6, 6.07) is 4.02. The number of hydrogen-bond acceptors (Lipinski definition) is 6. The Morgan fingerprint density at radius 3 is 2.39 bits per heavy atom. The van der Waals surface area contributed by atoms with Gasteiger partial charge in [-0.1, -0.05) is 34.6 Å². The number of ether oxygens (including phenoxy) is 4. The van der Waals surface area contributed by atoms with Crippen LogP contribution in [0.5, 0.6) is 23.1 Å². The number of nitrogens with zero attached hydrogens (tertiary/aromatic N) is 2. The van der Waals surface area contributed by atoms with Crippen molar-refractivity contribution < 1.29 is 18.9 Å². The highest BCUT2D eigenvalue weighted by molar-refractivity contribution is 5.42. The van der Waals surface area contributed by atoms with Gasteiger partial charge in [-0.15, -0.1) is 0 Å². The van der Waals surface area contributed by atoms with Crippen LogP contribution in [0.15, 0.2) is 24.5 Å². The standard InChI is InChI=1S/C22H28N2O4/c1-21(2,3)14-8-17-20(24-11-14)27-13-15(28-17)10-22(4,5)19-9-16-18(12-23-19)26-7-6-25-16/h8-9,11-12,15H,6-7,10,13H2,1-5H3. The van der Waals surface area contributed by atoms with Crippen molar-refractivity contribution in [2.45, 2.75) is 58.0 Å². The largest absolute Gasteiger partial charge is 0.486 e. The highest BCUT2D eigenvalue weighted by Gasteiger charge is 2.33. The Bertz CT molecular complexity index is 873. The van der Waals surface area contributed by atoms with Crippen LogP contribution in [0.3, 0.4) is 0 Å². The van der Waals surface area contributed by atoms with Gasteiger partial charge in [0.05, 0.1) is 11.9 Å². The molecule has 4 heterocycles. The summed E-state index contributed by atoms with van der Waals surface area (Å²) in [6.45, 7) is 12.4. The average Bonchev–Trinajstić information content (AvgIpc) is 2.66. The van der Waals surface area contributed by atoms with Gasteiger partial charge in [-0.25, -0.2) is 4.98 Å². The van der Waals surface area contributed by atoms with E-state index in [-0.39, 0.29) is 16.9 Å². The fourth-order valence-electron chi connectivity index (χ4n) is 3.51. The summed E-state index contributed by atoms with van der Waals surface area (Å²) in [4.78, 5) is 9.04. The maximum Gasteiger partial charge on any atom is 0.257 e. The first-order valence-electron chi connectivity index (χ1n) is 9.78. The van der Waals surface area contributed by atoms with E-state index in [0.717, 1.165) is 29.2 Å². The number of fused-ring (bicyclic) bond motifs is 2. The molecular formula is C22H28N2O4. The van der Waals surface area contributed by atoms with Gasteiger partial charge in [-0.2, -0.15) is 0 Å². The second-order valence-corrected chi connectivity index (χ2v) is 9.13. The van der Waals surface area contributed by atoms with Crippen LogP contribution in [0.4, 0.5) is 0 Å². The fourth-order valence-corrected chi connectivity index (χ4v) is 3.51. The summed E-state index contributed by atoms with van der Waals surface area (Å²) in [5.74, 6) is 2.75. The zero-order chi connectivity index (χ0) is 19.9. The molecule has 28 heavy (non-hydrogen) atoms. The smallest absolute Gasteiger partial charge is 0.257 e. The Morgan fingerprint density at radius 2 is 1.64 bits per heavy atom. The molecule has 0 fully saturated rings. The van der Waals surface area contributed by atoms with Gasteiger partial charge in [-0.05, 0) is 23.5 Å². The van der Waals surface area contributed by atoms with Crippen molar-refractivity contribution in [2.24, 2.45) is 0 Å². The van der Waals surface area contributed by atoms with Gasteiger partial charge in [0, 0.05) is 17.7 Å². The third-order valence-electron chi connectivity index (χ3n) is 5.25. The minimum absolute atomic E-state index is 0.00667. The van der Waals surface area contributed by atoms with E-state index in [1.165, 1.54) is 0 Å². The Kier molecular flexibility index (Phi) is 4.60. The van der Waals surface area contributed by atoms with E-state index in [0.29, 0.717) is 31.5 Å². The van der Waals surface area contributed by atoms with Crippen molar-refractivity contribution in [3.63, 3.8) is 0 Å². The third-order valence-corrected chi connectivity index (χ3v) is 5.25.